The van der Waals surface area contributed by atoms with Crippen LogP contribution in [0, 0.1) is 5.21 Å². The number of benzene rings is 3. The van der Waals surface area contributed by atoms with Crippen LogP contribution in [0.4, 0.5) is 0 Å². The van der Waals surface area contributed by atoms with Crippen LogP contribution in [0.15, 0.2) is 83.5 Å². The molecule has 0 bridgehead atoms. The van der Waals surface area contributed by atoms with Gasteiger partial charge in [-0.2, -0.15) is 4.73 Å². The molecule has 0 aliphatic carbocycles. The van der Waals surface area contributed by atoms with Crippen LogP contribution in [0.25, 0.3) is 21.9 Å². The Morgan fingerprint density at radius 2 is 1.80 bits per heavy atom. The Bertz CT molecular complexity index is 1450. The zero-order valence-electron chi connectivity index (χ0n) is 19.5. The SMILES string of the molecule is COc1ccc(Cn2c(CCCOCc3ccccc3)nc3c[n+]([O-])c4cc(Br)ccc4c32)cc1. The number of imidazole rings is 1. The van der Waals surface area contributed by atoms with Gasteiger partial charge < -0.3 is 19.2 Å². The highest BCUT2D eigenvalue weighted by molar-refractivity contribution is 9.10. The molecule has 0 saturated heterocycles. The molecule has 0 spiro atoms. The van der Waals surface area contributed by atoms with E-state index in [0.717, 1.165) is 55.6 Å². The molecular formula is C28H26BrN3O3. The van der Waals surface area contributed by atoms with Gasteiger partial charge in [-0.1, -0.05) is 58.4 Å². The molecular weight excluding hydrogens is 506 g/mol. The lowest BCUT2D eigenvalue weighted by Crippen LogP contribution is -2.26. The van der Waals surface area contributed by atoms with Crippen LogP contribution in [0.2, 0.25) is 0 Å². The lowest BCUT2D eigenvalue weighted by atomic mass is 10.1. The minimum atomic E-state index is 0.596. The molecule has 0 atom stereocenters. The maximum Gasteiger partial charge on any atom is 0.227 e. The summed E-state index contributed by atoms with van der Waals surface area (Å²) in [5.41, 5.74) is 4.58. The van der Waals surface area contributed by atoms with Crippen molar-refractivity contribution in [3.05, 3.63) is 106 Å². The van der Waals surface area contributed by atoms with Gasteiger partial charge in [-0.25, -0.2) is 4.98 Å². The number of fused-ring (bicyclic) bond motifs is 3. The molecule has 0 radical (unpaired) electrons. The Labute approximate surface area is 212 Å². The lowest BCUT2D eigenvalue weighted by molar-refractivity contribution is -0.575. The van der Waals surface area contributed by atoms with Crippen LogP contribution < -0.4 is 9.47 Å². The van der Waals surface area contributed by atoms with Crippen LogP contribution in [0.5, 0.6) is 5.75 Å². The number of aryl methyl sites for hydroxylation is 1. The summed E-state index contributed by atoms with van der Waals surface area (Å²) in [5, 5.41) is 13.6. The van der Waals surface area contributed by atoms with Crippen LogP contribution in [0.1, 0.15) is 23.4 Å². The first-order valence-electron chi connectivity index (χ1n) is 11.6. The van der Waals surface area contributed by atoms with Gasteiger partial charge in [0.15, 0.2) is 5.52 Å². The minimum Gasteiger partial charge on any atom is -0.618 e. The topological polar surface area (TPSA) is 63.2 Å². The van der Waals surface area contributed by atoms with Crippen LogP contribution in [-0.4, -0.2) is 23.3 Å². The number of hydrogen-bond donors (Lipinski definition) is 0. The summed E-state index contributed by atoms with van der Waals surface area (Å²) in [5.74, 6) is 1.76. The molecule has 0 amide bonds. The fourth-order valence-corrected chi connectivity index (χ4v) is 4.68. The van der Waals surface area contributed by atoms with Gasteiger partial charge in [0.05, 0.1) is 24.6 Å². The molecule has 178 valence electrons. The van der Waals surface area contributed by atoms with E-state index in [1.54, 1.807) is 13.3 Å². The second-order valence-electron chi connectivity index (χ2n) is 8.45. The predicted octanol–water partition coefficient (Wildman–Crippen LogP) is 5.79. The molecule has 0 N–H and O–H groups in total. The van der Waals surface area contributed by atoms with E-state index in [9.17, 15) is 5.21 Å². The summed E-state index contributed by atoms with van der Waals surface area (Å²) in [6.45, 7) is 1.88. The van der Waals surface area contributed by atoms with Crippen molar-refractivity contribution in [1.29, 1.82) is 0 Å². The highest BCUT2D eigenvalue weighted by Crippen LogP contribution is 2.28. The average molecular weight is 532 g/mol. The van der Waals surface area contributed by atoms with E-state index in [-0.39, 0.29) is 0 Å². The number of hydrogen-bond acceptors (Lipinski definition) is 4. The van der Waals surface area contributed by atoms with Gasteiger partial charge in [-0.3, -0.25) is 0 Å². The third-order valence-electron chi connectivity index (χ3n) is 6.07. The van der Waals surface area contributed by atoms with Crippen molar-refractivity contribution in [1.82, 2.24) is 9.55 Å². The molecule has 0 saturated carbocycles. The number of rotatable bonds is 9. The highest BCUT2D eigenvalue weighted by atomic mass is 79.9. The Morgan fingerprint density at radius 1 is 1.00 bits per heavy atom. The van der Waals surface area contributed by atoms with E-state index >= 15 is 0 Å². The van der Waals surface area contributed by atoms with Crippen molar-refractivity contribution in [2.75, 3.05) is 13.7 Å². The molecule has 2 aromatic heterocycles. The van der Waals surface area contributed by atoms with Crippen molar-refractivity contribution < 1.29 is 14.2 Å². The Hall–Kier alpha value is -3.42. The summed E-state index contributed by atoms with van der Waals surface area (Å²) in [7, 11) is 1.67. The first-order chi connectivity index (χ1) is 17.1. The van der Waals surface area contributed by atoms with E-state index < -0.39 is 0 Å². The van der Waals surface area contributed by atoms with Crippen molar-refractivity contribution in [2.24, 2.45) is 0 Å². The van der Waals surface area contributed by atoms with E-state index in [0.29, 0.717) is 30.8 Å². The van der Waals surface area contributed by atoms with Gasteiger partial charge in [-0.15, -0.1) is 0 Å². The summed E-state index contributed by atoms with van der Waals surface area (Å²) >= 11 is 3.49. The molecule has 0 fully saturated rings. The van der Waals surface area contributed by atoms with Crippen LogP contribution in [0.3, 0.4) is 0 Å². The second-order valence-corrected chi connectivity index (χ2v) is 9.37. The van der Waals surface area contributed by atoms with Gasteiger partial charge in [-0.05, 0) is 41.8 Å². The van der Waals surface area contributed by atoms with Gasteiger partial charge >= 0.3 is 0 Å². The molecule has 0 aliphatic heterocycles. The third-order valence-corrected chi connectivity index (χ3v) is 6.56. The Morgan fingerprint density at radius 3 is 2.57 bits per heavy atom. The third kappa shape index (κ3) is 5.16. The molecule has 7 heteroatoms. The van der Waals surface area contributed by atoms with Gasteiger partial charge in [0, 0.05) is 30.1 Å². The van der Waals surface area contributed by atoms with Gasteiger partial charge in [0.1, 0.15) is 11.6 Å². The van der Waals surface area contributed by atoms with Gasteiger partial charge in [0.25, 0.3) is 0 Å². The molecule has 2 heterocycles. The second kappa shape index (κ2) is 10.5. The quantitative estimate of drug-likeness (QED) is 0.137. The average Bonchev–Trinajstić information content (AvgIpc) is 3.21. The standard InChI is InChI=1S/C28H26BrN3O3/c1-34-23-12-9-20(10-13-23)17-31-27(8-5-15-35-19-21-6-3-2-4-7-21)30-25-18-32(33)26-16-22(29)11-14-24(26)28(25)31/h2-4,6-7,9-14,16,18H,5,8,15,17,19H2,1H3. The van der Waals surface area contributed by atoms with Gasteiger partial charge in [0.2, 0.25) is 11.7 Å². The van der Waals surface area contributed by atoms with Crippen LogP contribution >= 0.6 is 15.9 Å². The first kappa shape index (κ1) is 23.3. The summed E-state index contributed by atoms with van der Waals surface area (Å²) in [6, 6.07) is 24.0. The number of ether oxygens (including phenoxy) is 2. The summed E-state index contributed by atoms with van der Waals surface area (Å²) < 4.78 is 15.2. The summed E-state index contributed by atoms with van der Waals surface area (Å²) in [6.07, 6.45) is 3.15. The molecule has 6 nitrogen and oxygen atoms in total. The molecule has 5 rings (SSSR count). The number of halogens is 1. The Balaban J connectivity index is 1.45. The first-order valence-corrected chi connectivity index (χ1v) is 12.4. The molecule has 0 aliphatic rings. The molecule has 3 aromatic carbocycles. The smallest absolute Gasteiger partial charge is 0.227 e. The number of pyridine rings is 1. The lowest BCUT2D eigenvalue weighted by Gasteiger charge is -2.12. The van der Waals surface area contributed by atoms with Crippen molar-refractivity contribution in [3.63, 3.8) is 0 Å². The van der Waals surface area contributed by atoms with Crippen molar-refractivity contribution in [3.8, 4) is 5.75 Å². The van der Waals surface area contributed by atoms with E-state index in [4.69, 9.17) is 14.5 Å². The van der Waals surface area contributed by atoms with Crippen molar-refractivity contribution >= 4 is 37.9 Å². The fourth-order valence-electron chi connectivity index (χ4n) is 4.33. The Kier molecular flexibility index (Phi) is 6.97. The predicted molar refractivity (Wildman–Crippen MR) is 140 cm³/mol. The maximum absolute atomic E-state index is 12.7. The largest absolute Gasteiger partial charge is 0.618 e. The summed E-state index contributed by atoms with van der Waals surface area (Å²) in [4.78, 5) is 4.88. The fraction of sp³-hybridized carbons (Fsp3) is 0.214. The number of aromatic nitrogens is 3. The maximum atomic E-state index is 12.7. The normalized spacial score (nSPS) is 11.4. The van der Waals surface area contributed by atoms with Crippen LogP contribution in [-0.2, 0) is 24.3 Å². The number of nitrogens with zero attached hydrogens (tertiary/aromatic N) is 3. The van der Waals surface area contributed by atoms with E-state index in [2.05, 4.69) is 44.8 Å². The zero-order chi connectivity index (χ0) is 24.2. The minimum absolute atomic E-state index is 0.596. The zero-order valence-corrected chi connectivity index (χ0v) is 21.1. The van der Waals surface area contributed by atoms with E-state index in [1.807, 2.05) is 48.5 Å². The highest BCUT2D eigenvalue weighted by Gasteiger charge is 2.19. The molecule has 0 unspecified atom stereocenters. The van der Waals surface area contributed by atoms with E-state index in [1.165, 1.54) is 0 Å². The molecule has 5 aromatic rings. The van der Waals surface area contributed by atoms with Crippen molar-refractivity contribution in [2.45, 2.75) is 26.0 Å². The monoisotopic (exact) mass is 531 g/mol. The molecule has 35 heavy (non-hydrogen) atoms. The number of methoxy groups -OCH3 is 1.